The lowest BCUT2D eigenvalue weighted by Gasteiger charge is -2.27. The van der Waals surface area contributed by atoms with Crippen LogP contribution in [0.3, 0.4) is 0 Å². The number of halogens is 1. The van der Waals surface area contributed by atoms with Crippen molar-refractivity contribution in [3.05, 3.63) is 58.6 Å². The second-order valence-electron chi connectivity index (χ2n) is 5.69. The van der Waals surface area contributed by atoms with E-state index in [0.29, 0.717) is 5.92 Å². The Labute approximate surface area is 131 Å². The monoisotopic (exact) mass is 303 g/mol. The van der Waals surface area contributed by atoms with E-state index in [9.17, 15) is 0 Å². The minimum absolute atomic E-state index is 0.141. The first-order valence-electron chi connectivity index (χ1n) is 7.28. The first-order valence-corrected chi connectivity index (χ1v) is 7.66. The Hall–Kier alpha value is -1.45. The van der Waals surface area contributed by atoms with Crippen molar-refractivity contribution in [1.82, 2.24) is 15.3 Å². The summed E-state index contributed by atoms with van der Waals surface area (Å²) >= 11 is 5.98. The Kier molecular flexibility index (Phi) is 5.32. The van der Waals surface area contributed by atoms with Gasteiger partial charge >= 0.3 is 0 Å². The number of nitrogens with zero attached hydrogens (tertiary/aromatic N) is 2. The van der Waals surface area contributed by atoms with Crippen molar-refractivity contribution in [1.29, 1.82) is 0 Å². The lowest BCUT2D eigenvalue weighted by molar-refractivity contribution is 0.369. The smallest absolute Gasteiger partial charge is 0.0782 e. The second kappa shape index (κ2) is 7.01. The summed E-state index contributed by atoms with van der Waals surface area (Å²) in [5.41, 5.74) is 3.20. The fourth-order valence-corrected chi connectivity index (χ4v) is 2.66. The molecule has 0 bridgehead atoms. The van der Waals surface area contributed by atoms with Gasteiger partial charge in [0.25, 0.3) is 0 Å². The van der Waals surface area contributed by atoms with E-state index in [1.165, 1.54) is 5.56 Å². The first-order chi connectivity index (χ1) is 9.99. The highest BCUT2D eigenvalue weighted by molar-refractivity contribution is 6.30. The number of rotatable bonds is 5. The third kappa shape index (κ3) is 4.02. The SMILES string of the molecule is Cc1nccnc1C(C)NC(c1ccc(Cl)cc1)C(C)C. The molecule has 0 amide bonds. The fourth-order valence-electron chi connectivity index (χ4n) is 2.54. The Bertz CT molecular complexity index is 581. The van der Waals surface area contributed by atoms with Crippen LogP contribution in [0.25, 0.3) is 0 Å². The zero-order valence-electron chi connectivity index (χ0n) is 13.0. The summed E-state index contributed by atoms with van der Waals surface area (Å²) in [5.74, 6) is 0.464. The normalized spacial score (nSPS) is 14.2. The van der Waals surface area contributed by atoms with Gasteiger partial charge in [-0.2, -0.15) is 0 Å². The van der Waals surface area contributed by atoms with Gasteiger partial charge in [0.15, 0.2) is 0 Å². The topological polar surface area (TPSA) is 37.8 Å². The zero-order chi connectivity index (χ0) is 15.4. The minimum atomic E-state index is 0.141. The molecule has 21 heavy (non-hydrogen) atoms. The van der Waals surface area contributed by atoms with Crippen LogP contribution in [-0.2, 0) is 0 Å². The van der Waals surface area contributed by atoms with E-state index >= 15 is 0 Å². The van der Waals surface area contributed by atoms with Crippen LogP contribution >= 0.6 is 11.6 Å². The van der Waals surface area contributed by atoms with Gasteiger partial charge in [-0.15, -0.1) is 0 Å². The lowest BCUT2D eigenvalue weighted by Crippen LogP contribution is -2.29. The van der Waals surface area contributed by atoms with Gasteiger partial charge in [0.1, 0.15) is 0 Å². The van der Waals surface area contributed by atoms with E-state index < -0.39 is 0 Å². The molecule has 1 heterocycles. The first kappa shape index (κ1) is 15.9. The highest BCUT2D eigenvalue weighted by atomic mass is 35.5. The summed E-state index contributed by atoms with van der Waals surface area (Å²) in [4.78, 5) is 8.77. The second-order valence-corrected chi connectivity index (χ2v) is 6.13. The molecule has 1 aromatic heterocycles. The van der Waals surface area contributed by atoms with Crippen LogP contribution in [0.4, 0.5) is 0 Å². The third-order valence-electron chi connectivity index (χ3n) is 3.65. The van der Waals surface area contributed by atoms with E-state index in [2.05, 4.69) is 48.2 Å². The molecule has 1 N–H and O–H groups in total. The molecule has 2 atom stereocenters. The van der Waals surface area contributed by atoms with Gasteiger partial charge in [-0.05, 0) is 37.5 Å². The largest absolute Gasteiger partial charge is 0.302 e. The van der Waals surface area contributed by atoms with Crippen LogP contribution in [0.5, 0.6) is 0 Å². The molecule has 2 aromatic rings. The Morgan fingerprint density at radius 1 is 1.00 bits per heavy atom. The van der Waals surface area contributed by atoms with Crippen LogP contribution in [0.2, 0.25) is 5.02 Å². The van der Waals surface area contributed by atoms with E-state index in [0.717, 1.165) is 16.4 Å². The summed E-state index contributed by atoms with van der Waals surface area (Å²) in [5, 5.41) is 4.43. The molecule has 2 rings (SSSR count). The van der Waals surface area contributed by atoms with Gasteiger partial charge in [-0.1, -0.05) is 37.6 Å². The summed E-state index contributed by atoms with van der Waals surface area (Å²) in [6, 6.07) is 8.42. The van der Waals surface area contributed by atoms with Crippen LogP contribution in [0.1, 0.15) is 49.8 Å². The van der Waals surface area contributed by atoms with Gasteiger partial charge in [0.05, 0.1) is 11.4 Å². The average Bonchev–Trinajstić information content (AvgIpc) is 2.46. The number of hydrogen-bond donors (Lipinski definition) is 1. The molecular weight excluding hydrogens is 282 g/mol. The number of benzene rings is 1. The molecule has 0 saturated carbocycles. The number of aryl methyl sites for hydroxylation is 1. The Morgan fingerprint density at radius 3 is 2.19 bits per heavy atom. The lowest BCUT2D eigenvalue weighted by atomic mass is 9.95. The van der Waals surface area contributed by atoms with Gasteiger partial charge < -0.3 is 5.32 Å². The average molecular weight is 304 g/mol. The van der Waals surface area contributed by atoms with Crippen molar-refractivity contribution in [2.75, 3.05) is 0 Å². The molecular formula is C17H22ClN3. The number of hydrogen-bond acceptors (Lipinski definition) is 3. The molecule has 0 aliphatic carbocycles. The molecule has 0 radical (unpaired) electrons. The number of nitrogens with one attached hydrogen (secondary N) is 1. The molecule has 0 aliphatic rings. The molecule has 0 saturated heterocycles. The molecule has 3 nitrogen and oxygen atoms in total. The predicted molar refractivity (Wildman–Crippen MR) is 87.4 cm³/mol. The molecule has 0 spiro atoms. The van der Waals surface area contributed by atoms with E-state index in [-0.39, 0.29) is 12.1 Å². The Balaban J connectivity index is 2.20. The van der Waals surface area contributed by atoms with Gasteiger partial charge in [0, 0.05) is 29.5 Å². The van der Waals surface area contributed by atoms with E-state index in [1.807, 2.05) is 19.1 Å². The Morgan fingerprint density at radius 2 is 1.62 bits per heavy atom. The summed E-state index contributed by atoms with van der Waals surface area (Å²) in [6.45, 7) is 8.54. The third-order valence-corrected chi connectivity index (χ3v) is 3.91. The predicted octanol–water partition coefficient (Wildman–Crippen LogP) is 4.49. The summed E-state index contributed by atoms with van der Waals surface area (Å²) < 4.78 is 0. The minimum Gasteiger partial charge on any atom is -0.302 e. The summed E-state index contributed by atoms with van der Waals surface area (Å²) in [6.07, 6.45) is 3.47. The fraction of sp³-hybridized carbons (Fsp3) is 0.412. The van der Waals surface area contributed by atoms with Crippen molar-refractivity contribution in [3.63, 3.8) is 0 Å². The van der Waals surface area contributed by atoms with Gasteiger partial charge in [-0.25, -0.2) is 0 Å². The maximum atomic E-state index is 5.98. The van der Waals surface area contributed by atoms with Crippen molar-refractivity contribution < 1.29 is 0 Å². The molecule has 4 heteroatoms. The molecule has 0 aliphatic heterocycles. The highest BCUT2D eigenvalue weighted by Gasteiger charge is 2.20. The maximum absolute atomic E-state index is 5.98. The van der Waals surface area contributed by atoms with Gasteiger partial charge in [0.2, 0.25) is 0 Å². The molecule has 112 valence electrons. The number of aromatic nitrogens is 2. The van der Waals surface area contributed by atoms with Crippen molar-refractivity contribution in [3.8, 4) is 0 Å². The quantitative estimate of drug-likeness (QED) is 0.884. The van der Waals surface area contributed by atoms with Gasteiger partial charge in [-0.3, -0.25) is 9.97 Å². The standard InChI is InChI=1S/C17H22ClN3/c1-11(2)16(14-5-7-15(18)8-6-14)21-13(4)17-12(3)19-9-10-20-17/h5-11,13,16,21H,1-4H3. The van der Waals surface area contributed by atoms with Crippen LogP contribution in [0, 0.1) is 12.8 Å². The van der Waals surface area contributed by atoms with Crippen molar-refractivity contribution in [2.24, 2.45) is 5.92 Å². The molecule has 1 aromatic carbocycles. The molecule has 0 fully saturated rings. The van der Waals surface area contributed by atoms with E-state index in [1.54, 1.807) is 12.4 Å². The highest BCUT2D eigenvalue weighted by Crippen LogP contribution is 2.26. The zero-order valence-corrected chi connectivity index (χ0v) is 13.7. The van der Waals surface area contributed by atoms with Crippen molar-refractivity contribution in [2.45, 2.75) is 39.8 Å². The van der Waals surface area contributed by atoms with Crippen molar-refractivity contribution >= 4 is 11.6 Å². The van der Waals surface area contributed by atoms with Crippen LogP contribution in [-0.4, -0.2) is 9.97 Å². The van der Waals surface area contributed by atoms with Crippen LogP contribution < -0.4 is 5.32 Å². The molecule has 2 unspecified atom stereocenters. The van der Waals surface area contributed by atoms with E-state index in [4.69, 9.17) is 11.6 Å². The maximum Gasteiger partial charge on any atom is 0.0782 e. The summed E-state index contributed by atoms with van der Waals surface area (Å²) in [7, 11) is 0. The van der Waals surface area contributed by atoms with Crippen LogP contribution in [0.15, 0.2) is 36.7 Å².